The number of aliphatic hydroxyl groups is 1. The van der Waals surface area contributed by atoms with Crippen molar-refractivity contribution < 1.29 is 5.11 Å². The maximum Gasteiger partial charge on any atom is 0.0781 e. The van der Waals surface area contributed by atoms with Crippen molar-refractivity contribution in [3.05, 3.63) is 29.8 Å². The lowest BCUT2D eigenvalue weighted by Gasteiger charge is -2.28. The molecule has 4 atom stereocenters. The van der Waals surface area contributed by atoms with Gasteiger partial charge in [0, 0.05) is 23.3 Å². The number of para-hydroxylation sites is 1. The number of hydrogen-bond donors (Lipinski definition) is 3. The molecule has 1 heterocycles. The minimum absolute atomic E-state index is 0.414. The van der Waals surface area contributed by atoms with Gasteiger partial charge in [-0.05, 0) is 51.1 Å². The normalized spacial score (nSPS) is 31.4. The van der Waals surface area contributed by atoms with Crippen LogP contribution in [0.5, 0.6) is 0 Å². The van der Waals surface area contributed by atoms with E-state index < -0.39 is 6.10 Å². The standard InChI is InChI=1S/C17H26N2O/c1-12(20)13-6-2-3-8-16(13)19-17-9-4-7-14(17)15-10-5-11-18-15/h2-3,6,8,12,14-15,17-20H,4-5,7,9-11H2,1H3. The zero-order chi connectivity index (χ0) is 13.9. The zero-order valence-electron chi connectivity index (χ0n) is 12.3. The molecule has 1 aromatic rings. The summed E-state index contributed by atoms with van der Waals surface area (Å²) in [4.78, 5) is 0. The van der Waals surface area contributed by atoms with Gasteiger partial charge in [0.25, 0.3) is 0 Å². The molecule has 0 aromatic heterocycles. The van der Waals surface area contributed by atoms with Crippen LogP contribution in [0.1, 0.15) is 50.7 Å². The van der Waals surface area contributed by atoms with E-state index in [1.165, 1.54) is 38.6 Å². The van der Waals surface area contributed by atoms with E-state index in [1.807, 2.05) is 25.1 Å². The summed E-state index contributed by atoms with van der Waals surface area (Å²) in [5.41, 5.74) is 2.12. The van der Waals surface area contributed by atoms with Crippen molar-refractivity contribution in [3.8, 4) is 0 Å². The lowest BCUT2D eigenvalue weighted by Crippen LogP contribution is -2.38. The van der Waals surface area contributed by atoms with Crippen molar-refractivity contribution in [1.29, 1.82) is 0 Å². The third kappa shape index (κ3) is 2.84. The van der Waals surface area contributed by atoms with Crippen LogP contribution >= 0.6 is 0 Å². The minimum atomic E-state index is -0.414. The molecule has 2 aliphatic rings. The highest BCUT2D eigenvalue weighted by Gasteiger charge is 2.35. The van der Waals surface area contributed by atoms with Gasteiger partial charge in [0.1, 0.15) is 0 Å². The summed E-state index contributed by atoms with van der Waals surface area (Å²) in [6.45, 7) is 3.02. The first kappa shape index (κ1) is 13.9. The smallest absolute Gasteiger partial charge is 0.0781 e. The fourth-order valence-electron chi connectivity index (χ4n) is 3.92. The molecule has 2 fully saturated rings. The van der Waals surface area contributed by atoms with E-state index in [1.54, 1.807) is 0 Å². The molecule has 1 aliphatic heterocycles. The van der Waals surface area contributed by atoms with Gasteiger partial charge in [-0.3, -0.25) is 0 Å². The van der Waals surface area contributed by atoms with Crippen LogP contribution < -0.4 is 10.6 Å². The molecule has 4 unspecified atom stereocenters. The molecule has 3 N–H and O–H groups in total. The van der Waals surface area contributed by atoms with E-state index in [2.05, 4.69) is 16.7 Å². The Balaban J connectivity index is 1.73. The van der Waals surface area contributed by atoms with Gasteiger partial charge in [-0.25, -0.2) is 0 Å². The predicted octanol–water partition coefficient (Wildman–Crippen LogP) is 3.07. The lowest BCUT2D eigenvalue weighted by atomic mass is 9.92. The molecule has 20 heavy (non-hydrogen) atoms. The first-order chi connectivity index (χ1) is 9.75. The molecule has 3 rings (SSSR count). The molecule has 0 radical (unpaired) electrons. The molecule has 1 saturated carbocycles. The summed E-state index contributed by atoms with van der Waals surface area (Å²) in [6.07, 6.45) is 6.11. The second-order valence-corrected chi connectivity index (χ2v) is 6.31. The van der Waals surface area contributed by atoms with E-state index in [9.17, 15) is 5.11 Å². The van der Waals surface area contributed by atoms with Crippen LogP contribution in [0.15, 0.2) is 24.3 Å². The van der Waals surface area contributed by atoms with Crippen LogP contribution in [0.2, 0.25) is 0 Å². The predicted molar refractivity (Wildman–Crippen MR) is 82.9 cm³/mol. The average molecular weight is 274 g/mol. The second kappa shape index (κ2) is 6.15. The van der Waals surface area contributed by atoms with Gasteiger partial charge in [-0.15, -0.1) is 0 Å². The molecule has 110 valence electrons. The molecule has 3 heteroatoms. The Morgan fingerprint density at radius 2 is 2.05 bits per heavy atom. The van der Waals surface area contributed by atoms with Gasteiger partial charge in [0.05, 0.1) is 6.10 Å². The van der Waals surface area contributed by atoms with Crippen molar-refractivity contribution >= 4 is 5.69 Å². The SMILES string of the molecule is CC(O)c1ccccc1NC1CCCC1C1CCCN1. The highest BCUT2D eigenvalue weighted by Crippen LogP contribution is 2.35. The van der Waals surface area contributed by atoms with Crippen LogP contribution in [0.3, 0.4) is 0 Å². The second-order valence-electron chi connectivity index (χ2n) is 6.31. The topological polar surface area (TPSA) is 44.3 Å². The average Bonchev–Trinajstić information content (AvgIpc) is 3.09. The van der Waals surface area contributed by atoms with Crippen molar-refractivity contribution in [1.82, 2.24) is 5.32 Å². The van der Waals surface area contributed by atoms with E-state index in [0.717, 1.165) is 17.2 Å². The fraction of sp³-hybridized carbons (Fsp3) is 0.647. The Bertz CT molecular complexity index is 440. The molecule has 1 saturated heterocycles. The fourth-order valence-corrected chi connectivity index (χ4v) is 3.92. The van der Waals surface area contributed by atoms with E-state index in [-0.39, 0.29) is 0 Å². The van der Waals surface area contributed by atoms with Crippen molar-refractivity contribution in [2.45, 2.75) is 57.2 Å². The molecule has 1 aliphatic carbocycles. The van der Waals surface area contributed by atoms with Crippen molar-refractivity contribution in [3.63, 3.8) is 0 Å². The van der Waals surface area contributed by atoms with Crippen LogP contribution in [0.4, 0.5) is 5.69 Å². The van der Waals surface area contributed by atoms with Gasteiger partial charge in [-0.1, -0.05) is 24.6 Å². The number of aliphatic hydroxyl groups excluding tert-OH is 1. The van der Waals surface area contributed by atoms with Gasteiger partial charge in [0.15, 0.2) is 0 Å². The van der Waals surface area contributed by atoms with E-state index in [4.69, 9.17) is 0 Å². The Kier molecular flexibility index (Phi) is 4.27. The molecular formula is C17H26N2O. The highest BCUT2D eigenvalue weighted by atomic mass is 16.3. The van der Waals surface area contributed by atoms with Gasteiger partial charge in [0.2, 0.25) is 0 Å². The van der Waals surface area contributed by atoms with Crippen molar-refractivity contribution in [2.75, 3.05) is 11.9 Å². The van der Waals surface area contributed by atoms with Crippen LogP contribution in [0.25, 0.3) is 0 Å². The van der Waals surface area contributed by atoms with E-state index >= 15 is 0 Å². The zero-order valence-corrected chi connectivity index (χ0v) is 12.3. The molecule has 0 spiro atoms. The Hall–Kier alpha value is -1.06. The number of nitrogens with one attached hydrogen (secondary N) is 2. The summed E-state index contributed by atoms with van der Waals surface area (Å²) in [5, 5.41) is 17.3. The summed E-state index contributed by atoms with van der Waals surface area (Å²) in [6, 6.07) is 9.40. The molecule has 0 amide bonds. The molecule has 0 bridgehead atoms. The third-order valence-corrected chi connectivity index (χ3v) is 4.94. The first-order valence-electron chi connectivity index (χ1n) is 8.02. The number of anilines is 1. The van der Waals surface area contributed by atoms with Crippen LogP contribution in [-0.4, -0.2) is 23.7 Å². The molecule has 1 aromatic carbocycles. The maximum atomic E-state index is 9.90. The van der Waals surface area contributed by atoms with E-state index in [0.29, 0.717) is 12.1 Å². The molecular weight excluding hydrogens is 248 g/mol. The summed E-state index contributed by atoms with van der Waals surface area (Å²) < 4.78 is 0. The highest BCUT2D eigenvalue weighted by molar-refractivity contribution is 5.53. The lowest BCUT2D eigenvalue weighted by molar-refractivity contribution is 0.200. The largest absolute Gasteiger partial charge is 0.389 e. The Labute approximate surface area is 121 Å². The van der Waals surface area contributed by atoms with Crippen LogP contribution in [-0.2, 0) is 0 Å². The summed E-state index contributed by atoms with van der Waals surface area (Å²) >= 11 is 0. The van der Waals surface area contributed by atoms with Gasteiger partial charge < -0.3 is 15.7 Å². The summed E-state index contributed by atoms with van der Waals surface area (Å²) in [5.74, 6) is 0.736. The number of benzene rings is 1. The van der Waals surface area contributed by atoms with Gasteiger partial charge in [-0.2, -0.15) is 0 Å². The first-order valence-corrected chi connectivity index (χ1v) is 8.02. The monoisotopic (exact) mass is 274 g/mol. The number of hydrogen-bond acceptors (Lipinski definition) is 3. The number of rotatable bonds is 4. The third-order valence-electron chi connectivity index (χ3n) is 4.94. The van der Waals surface area contributed by atoms with Crippen LogP contribution in [0, 0.1) is 5.92 Å². The Morgan fingerprint density at radius 3 is 2.80 bits per heavy atom. The van der Waals surface area contributed by atoms with Crippen molar-refractivity contribution in [2.24, 2.45) is 5.92 Å². The molecule has 3 nitrogen and oxygen atoms in total. The van der Waals surface area contributed by atoms with Gasteiger partial charge >= 0.3 is 0 Å². The quantitative estimate of drug-likeness (QED) is 0.790. The maximum absolute atomic E-state index is 9.90. The summed E-state index contributed by atoms with van der Waals surface area (Å²) in [7, 11) is 0. The Morgan fingerprint density at radius 1 is 1.20 bits per heavy atom. The minimum Gasteiger partial charge on any atom is -0.389 e.